The van der Waals surface area contributed by atoms with E-state index in [0.29, 0.717) is 36.1 Å². The van der Waals surface area contributed by atoms with Gasteiger partial charge in [-0.1, -0.05) is 38.8 Å². The van der Waals surface area contributed by atoms with Gasteiger partial charge in [0, 0.05) is 31.3 Å². The van der Waals surface area contributed by atoms with Crippen molar-refractivity contribution in [1.82, 2.24) is 14.1 Å². The Morgan fingerprint density at radius 2 is 1.97 bits per heavy atom. The van der Waals surface area contributed by atoms with Gasteiger partial charge in [-0.25, -0.2) is 8.42 Å². The number of nitrogens with zero attached hydrogens (tertiary/aromatic N) is 3. The van der Waals surface area contributed by atoms with Gasteiger partial charge in [0.05, 0.1) is 23.4 Å². The third kappa shape index (κ3) is 5.90. The number of ether oxygens (including phenoxy) is 1. The Kier molecular flexibility index (Phi) is 9.30. The van der Waals surface area contributed by atoms with Crippen LogP contribution in [0.4, 0.5) is 5.69 Å². The summed E-state index contributed by atoms with van der Waals surface area (Å²) in [5.74, 6) is -0.0932. The Morgan fingerprint density at radius 1 is 1.28 bits per heavy atom. The normalized spacial score (nSPS) is 12.0. The fourth-order valence-electron chi connectivity index (χ4n) is 3.20. The van der Waals surface area contributed by atoms with Crippen LogP contribution in [0.25, 0.3) is 6.08 Å². The number of carbonyl (C=O) groups excluding carboxylic acids is 1. The van der Waals surface area contributed by atoms with Gasteiger partial charge in [-0.3, -0.25) is 9.48 Å². The number of hydrogen-bond donors (Lipinski definition) is 1. The number of halogens is 1. The Morgan fingerprint density at radius 3 is 2.56 bits per heavy atom. The fraction of sp³-hybridized carbons (Fsp3) is 0.455. The van der Waals surface area contributed by atoms with E-state index in [4.69, 9.17) is 16.3 Å². The van der Waals surface area contributed by atoms with Gasteiger partial charge < -0.3 is 10.1 Å². The molecule has 0 saturated carbocycles. The minimum Gasteiger partial charge on any atom is -0.495 e. The van der Waals surface area contributed by atoms with Gasteiger partial charge >= 0.3 is 0 Å². The van der Waals surface area contributed by atoms with Crippen molar-refractivity contribution in [2.75, 3.05) is 25.5 Å². The number of rotatable bonds is 11. The summed E-state index contributed by atoms with van der Waals surface area (Å²) in [5.41, 5.74) is 1.65. The smallest absolute Gasteiger partial charge is 0.248 e. The Balaban J connectivity index is 2.27. The average molecular weight is 483 g/mol. The first-order valence-electron chi connectivity index (χ1n) is 10.6. The first-order chi connectivity index (χ1) is 15.2. The largest absolute Gasteiger partial charge is 0.495 e. The van der Waals surface area contributed by atoms with Crippen molar-refractivity contribution in [2.45, 2.75) is 52.0 Å². The molecule has 1 amide bonds. The minimum atomic E-state index is -3.68. The molecule has 2 aromatic rings. The number of nitrogens with one attached hydrogen (secondary N) is 1. The van der Waals surface area contributed by atoms with E-state index in [-0.39, 0.29) is 10.6 Å². The molecule has 0 unspecified atom stereocenters. The summed E-state index contributed by atoms with van der Waals surface area (Å²) in [6.07, 6.45) is 4.92. The topological polar surface area (TPSA) is 93.5 Å². The zero-order valence-electron chi connectivity index (χ0n) is 19.2. The maximum absolute atomic E-state index is 12.8. The molecular weight excluding hydrogens is 452 g/mol. The van der Waals surface area contributed by atoms with Crippen molar-refractivity contribution in [3.05, 3.63) is 40.7 Å². The molecule has 0 fully saturated rings. The van der Waals surface area contributed by atoms with Crippen molar-refractivity contribution in [3.63, 3.8) is 0 Å². The summed E-state index contributed by atoms with van der Waals surface area (Å²) in [6, 6.07) is 4.39. The highest BCUT2D eigenvalue weighted by Crippen LogP contribution is 2.29. The van der Waals surface area contributed by atoms with E-state index in [0.717, 1.165) is 18.5 Å². The lowest BCUT2D eigenvalue weighted by Crippen LogP contribution is -2.30. The number of benzene rings is 1. The standard InChI is InChI=1S/C22H31ClN4O4S/c1-6-9-14-27-22(23)18(16(4)25-27)11-13-21(28)24-19-15-17(10-12-20(19)31-5)32(29,30)26(7-2)8-3/h10-13,15H,6-9,14H2,1-5H3,(H,24,28)/b13-11+. The lowest BCUT2D eigenvalue weighted by atomic mass is 10.2. The molecule has 0 saturated heterocycles. The molecule has 0 bridgehead atoms. The molecule has 1 heterocycles. The van der Waals surface area contributed by atoms with Gasteiger partial charge in [-0.2, -0.15) is 9.40 Å². The summed E-state index contributed by atoms with van der Waals surface area (Å²) in [4.78, 5) is 12.7. The predicted molar refractivity (Wildman–Crippen MR) is 128 cm³/mol. The van der Waals surface area contributed by atoms with Crippen LogP contribution in [0.1, 0.15) is 44.9 Å². The molecule has 176 valence electrons. The Labute approximate surface area is 195 Å². The summed E-state index contributed by atoms with van der Waals surface area (Å²) in [5, 5.41) is 7.59. The first kappa shape index (κ1) is 25.9. The number of carbonyl (C=O) groups is 1. The van der Waals surface area contributed by atoms with E-state index in [1.807, 2.05) is 6.92 Å². The van der Waals surface area contributed by atoms with Crippen LogP contribution in [0.2, 0.25) is 5.15 Å². The van der Waals surface area contributed by atoms with Crippen molar-refractivity contribution in [2.24, 2.45) is 0 Å². The Bertz CT molecular complexity index is 1080. The lowest BCUT2D eigenvalue weighted by Gasteiger charge is -2.19. The molecule has 0 aliphatic carbocycles. The van der Waals surface area contributed by atoms with Gasteiger partial charge in [0.15, 0.2) is 0 Å². The van der Waals surface area contributed by atoms with Crippen LogP contribution in [-0.4, -0.2) is 48.6 Å². The third-order valence-corrected chi connectivity index (χ3v) is 7.45. The van der Waals surface area contributed by atoms with Crippen molar-refractivity contribution >= 4 is 39.3 Å². The molecule has 0 aliphatic rings. The van der Waals surface area contributed by atoms with E-state index >= 15 is 0 Å². The number of unbranched alkanes of at least 4 members (excludes halogenated alkanes) is 1. The number of sulfonamides is 1. The van der Waals surface area contributed by atoms with Crippen molar-refractivity contribution < 1.29 is 17.9 Å². The third-order valence-electron chi connectivity index (χ3n) is 5.01. The van der Waals surface area contributed by atoms with Crippen LogP contribution >= 0.6 is 11.6 Å². The van der Waals surface area contributed by atoms with Crippen LogP contribution in [0, 0.1) is 6.92 Å². The molecule has 0 radical (unpaired) electrons. The fourth-order valence-corrected chi connectivity index (χ4v) is 5.01. The first-order valence-corrected chi connectivity index (χ1v) is 12.4. The predicted octanol–water partition coefficient (Wildman–Crippen LogP) is 4.34. The highest BCUT2D eigenvalue weighted by molar-refractivity contribution is 7.89. The number of methoxy groups -OCH3 is 1. The van der Waals surface area contributed by atoms with E-state index in [2.05, 4.69) is 17.3 Å². The van der Waals surface area contributed by atoms with Gasteiger partial charge in [0.25, 0.3) is 0 Å². The zero-order chi connectivity index (χ0) is 23.9. The number of anilines is 1. The monoisotopic (exact) mass is 482 g/mol. The summed E-state index contributed by atoms with van der Waals surface area (Å²) in [7, 11) is -2.22. The van der Waals surface area contributed by atoms with Gasteiger partial charge in [-0.05, 0) is 37.6 Å². The van der Waals surface area contributed by atoms with Gasteiger partial charge in [0.2, 0.25) is 15.9 Å². The molecule has 0 aliphatic heterocycles. The average Bonchev–Trinajstić information content (AvgIpc) is 3.03. The van der Waals surface area contributed by atoms with E-state index in [1.165, 1.54) is 35.7 Å². The van der Waals surface area contributed by atoms with Gasteiger partial charge in [0.1, 0.15) is 10.9 Å². The summed E-state index contributed by atoms with van der Waals surface area (Å²) in [6.45, 7) is 8.87. The van der Waals surface area contributed by atoms with Crippen molar-refractivity contribution in [3.8, 4) is 5.75 Å². The SMILES string of the molecule is CCCCn1nc(C)c(/C=C/C(=O)Nc2cc(S(=O)(=O)N(CC)CC)ccc2OC)c1Cl. The van der Waals surface area contributed by atoms with Crippen LogP contribution in [0.5, 0.6) is 5.75 Å². The minimum absolute atomic E-state index is 0.0809. The van der Waals surface area contributed by atoms with Crippen LogP contribution in [0.15, 0.2) is 29.2 Å². The highest BCUT2D eigenvalue weighted by atomic mass is 35.5. The van der Waals surface area contributed by atoms with Crippen LogP contribution < -0.4 is 10.1 Å². The molecule has 1 aromatic heterocycles. The van der Waals surface area contributed by atoms with Gasteiger partial charge in [-0.15, -0.1) is 0 Å². The quantitative estimate of drug-likeness (QED) is 0.481. The molecule has 32 heavy (non-hydrogen) atoms. The number of aromatic nitrogens is 2. The second kappa shape index (κ2) is 11.5. The molecule has 0 spiro atoms. The maximum Gasteiger partial charge on any atom is 0.248 e. The lowest BCUT2D eigenvalue weighted by molar-refractivity contribution is -0.111. The second-order valence-electron chi connectivity index (χ2n) is 7.14. The molecular formula is C22H31ClN4O4S. The summed E-state index contributed by atoms with van der Waals surface area (Å²) < 4.78 is 34.0. The maximum atomic E-state index is 12.8. The zero-order valence-corrected chi connectivity index (χ0v) is 20.8. The van der Waals surface area contributed by atoms with Crippen LogP contribution in [-0.2, 0) is 21.4 Å². The number of amides is 1. The molecule has 0 atom stereocenters. The molecule has 1 N–H and O–H groups in total. The number of aryl methyl sites for hydroxylation is 2. The number of hydrogen-bond acceptors (Lipinski definition) is 5. The molecule has 10 heteroatoms. The van der Waals surface area contributed by atoms with E-state index in [1.54, 1.807) is 24.6 Å². The summed E-state index contributed by atoms with van der Waals surface area (Å²) >= 11 is 6.41. The molecule has 8 nitrogen and oxygen atoms in total. The van der Waals surface area contributed by atoms with Crippen LogP contribution in [0.3, 0.4) is 0 Å². The van der Waals surface area contributed by atoms with Crippen molar-refractivity contribution in [1.29, 1.82) is 0 Å². The second-order valence-corrected chi connectivity index (χ2v) is 9.44. The molecule has 1 aromatic carbocycles. The van der Waals surface area contributed by atoms with E-state index in [9.17, 15) is 13.2 Å². The van der Waals surface area contributed by atoms with E-state index < -0.39 is 15.9 Å². The highest BCUT2D eigenvalue weighted by Gasteiger charge is 2.23. The Hall–Kier alpha value is -2.36. The molecule has 2 rings (SSSR count).